The van der Waals surface area contributed by atoms with E-state index >= 15 is 0 Å². The lowest BCUT2D eigenvalue weighted by atomic mass is 9.90. The zero-order valence-electron chi connectivity index (χ0n) is 16.9. The van der Waals surface area contributed by atoms with Crippen LogP contribution in [0.3, 0.4) is 0 Å². The van der Waals surface area contributed by atoms with Gasteiger partial charge in [0.25, 0.3) is 5.91 Å². The molecule has 3 aromatic rings. The number of halogens is 2. The van der Waals surface area contributed by atoms with Gasteiger partial charge in [0.05, 0.1) is 24.5 Å². The van der Waals surface area contributed by atoms with Gasteiger partial charge in [0.1, 0.15) is 11.7 Å². The number of fused-ring (bicyclic) bond motifs is 1. The Balaban J connectivity index is 1.58. The van der Waals surface area contributed by atoms with Crippen molar-refractivity contribution >= 4 is 46.4 Å². The number of benzene rings is 3. The van der Waals surface area contributed by atoms with E-state index in [9.17, 15) is 9.59 Å². The van der Waals surface area contributed by atoms with Crippen LogP contribution in [0.15, 0.2) is 72.8 Å². The second kappa shape index (κ2) is 8.13. The zero-order valence-corrected chi connectivity index (χ0v) is 18.5. The van der Waals surface area contributed by atoms with Gasteiger partial charge in [0.15, 0.2) is 6.10 Å². The fourth-order valence-electron chi connectivity index (χ4n) is 4.26. The van der Waals surface area contributed by atoms with Crippen LogP contribution in [0.2, 0.25) is 10.0 Å². The second-order valence-electron chi connectivity index (χ2n) is 7.53. The fourth-order valence-corrected chi connectivity index (χ4v) is 4.78. The molecule has 2 aliphatic heterocycles. The molecule has 3 atom stereocenters. The van der Waals surface area contributed by atoms with E-state index in [0.29, 0.717) is 27.0 Å². The maximum Gasteiger partial charge on any atom is 0.266 e. The van der Waals surface area contributed by atoms with E-state index in [1.54, 1.807) is 54.6 Å². The minimum absolute atomic E-state index is 0.348. The highest BCUT2D eigenvalue weighted by Crippen LogP contribution is 2.49. The molecule has 0 spiro atoms. The van der Waals surface area contributed by atoms with Crippen LogP contribution in [0, 0.1) is 5.92 Å². The predicted molar refractivity (Wildman–Crippen MR) is 122 cm³/mol. The summed E-state index contributed by atoms with van der Waals surface area (Å²) in [6.45, 7) is 0. The third-order valence-electron chi connectivity index (χ3n) is 5.74. The van der Waals surface area contributed by atoms with Crippen molar-refractivity contribution in [3.05, 3.63) is 88.4 Å². The third kappa shape index (κ3) is 3.32. The highest BCUT2D eigenvalue weighted by atomic mass is 35.5. The smallest absolute Gasteiger partial charge is 0.266 e. The van der Waals surface area contributed by atoms with E-state index in [2.05, 4.69) is 0 Å². The van der Waals surface area contributed by atoms with Gasteiger partial charge in [-0.25, -0.2) is 9.96 Å². The summed E-state index contributed by atoms with van der Waals surface area (Å²) in [5.41, 5.74) is 1.84. The Morgan fingerprint density at radius 2 is 1.59 bits per heavy atom. The minimum atomic E-state index is -0.971. The van der Waals surface area contributed by atoms with Crippen LogP contribution < -0.4 is 14.7 Å². The Morgan fingerprint density at radius 3 is 2.25 bits per heavy atom. The summed E-state index contributed by atoms with van der Waals surface area (Å²) >= 11 is 12.6. The Morgan fingerprint density at radius 1 is 0.875 bits per heavy atom. The molecule has 2 fully saturated rings. The van der Waals surface area contributed by atoms with Gasteiger partial charge in [-0.05, 0) is 54.1 Å². The van der Waals surface area contributed by atoms with Crippen molar-refractivity contribution in [1.82, 2.24) is 0 Å². The molecule has 0 saturated carbocycles. The number of ether oxygens (including phenoxy) is 1. The molecular formula is C24H18Cl2N2O4. The summed E-state index contributed by atoms with van der Waals surface area (Å²) in [6.07, 6.45) is -0.971. The van der Waals surface area contributed by atoms with Gasteiger partial charge in [-0.3, -0.25) is 14.4 Å². The SMILES string of the molecule is COc1ccc(N2C(=O)[C@H]3[C@H](ON(c4ccccc4)[C@@H]3c3ccc(Cl)cc3Cl)C2=O)cc1. The number of carbonyl (C=O) groups is 2. The number of anilines is 2. The Kier molecular flexibility index (Phi) is 5.29. The fraction of sp³-hybridized carbons (Fsp3) is 0.167. The molecule has 6 nitrogen and oxygen atoms in total. The molecule has 2 saturated heterocycles. The predicted octanol–water partition coefficient (Wildman–Crippen LogP) is 5.05. The van der Waals surface area contributed by atoms with Gasteiger partial charge in [-0.15, -0.1) is 0 Å². The molecule has 2 amide bonds. The molecule has 0 unspecified atom stereocenters. The van der Waals surface area contributed by atoms with E-state index in [1.165, 1.54) is 4.90 Å². The van der Waals surface area contributed by atoms with Crippen molar-refractivity contribution in [2.24, 2.45) is 5.92 Å². The normalized spacial score (nSPS) is 22.4. The summed E-state index contributed by atoms with van der Waals surface area (Å²) < 4.78 is 5.18. The number of carbonyl (C=O) groups excluding carboxylic acids is 2. The van der Waals surface area contributed by atoms with E-state index < -0.39 is 24.0 Å². The van der Waals surface area contributed by atoms with Gasteiger partial charge >= 0.3 is 0 Å². The Bertz CT molecular complexity index is 1190. The highest BCUT2D eigenvalue weighted by molar-refractivity contribution is 6.35. The molecular weight excluding hydrogens is 451 g/mol. The molecule has 0 bridgehead atoms. The van der Waals surface area contributed by atoms with Crippen molar-refractivity contribution < 1.29 is 19.2 Å². The number of hydrogen-bond donors (Lipinski definition) is 0. The van der Waals surface area contributed by atoms with Gasteiger partial charge in [0.2, 0.25) is 5.91 Å². The maximum atomic E-state index is 13.6. The Labute approximate surface area is 194 Å². The summed E-state index contributed by atoms with van der Waals surface area (Å²) in [7, 11) is 1.55. The number of rotatable bonds is 4. The monoisotopic (exact) mass is 468 g/mol. The van der Waals surface area contributed by atoms with Crippen LogP contribution in [0.4, 0.5) is 11.4 Å². The number of para-hydroxylation sites is 1. The van der Waals surface area contributed by atoms with Crippen molar-refractivity contribution in [2.45, 2.75) is 12.1 Å². The minimum Gasteiger partial charge on any atom is -0.497 e. The van der Waals surface area contributed by atoms with Crippen molar-refractivity contribution in [2.75, 3.05) is 17.1 Å². The average Bonchev–Trinajstić information content (AvgIpc) is 3.30. The number of methoxy groups -OCH3 is 1. The molecule has 8 heteroatoms. The van der Waals surface area contributed by atoms with E-state index in [4.69, 9.17) is 32.8 Å². The summed E-state index contributed by atoms with van der Waals surface area (Å²) in [5, 5.41) is 2.48. The summed E-state index contributed by atoms with van der Waals surface area (Å²) in [5.74, 6) is -0.910. The third-order valence-corrected chi connectivity index (χ3v) is 6.30. The zero-order chi connectivity index (χ0) is 22.4. The standard InChI is InChI=1S/C24H18Cl2N2O4/c1-31-17-10-8-15(9-11-17)27-23(29)20-21(18-12-7-14(25)13-19(18)26)28(32-22(20)24(27)30)16-5-3-2-4-6-16/h2-13,20-22H,1H3/t20-,21-,22+/m1/s1. The molecule has 0 N–H and O–H groups in total. The molecule has 0 aliphatic carbocycles. The quantitative estimate of drug-likeness (QED) is 0.501. The lowest BCUT2D eigenvalue weighted by Crippen LogP contribution is -2.37. The number of imide groups is 1. The van der Waals surface area contributed by atoms with Crippen molar-refractivity contribution in [1.29, 1.82) is 0 Å². The van der Waals surface area contributed by atoms with Crippen LogP contribution in [-0.2, 0) is 14.4 Å². The second-order valence-corrected chi connectivity index (χ2v) is 8.38. The first-order valence-electron chi connectivity index (χ1n) is 9.97. The highest BCUT2D eigenvalue weighted by Gasteiger charge is 2.60. The molecule has 0 radical (unpaired) electrons. The maximum absolute atomic E-state index is 13.6. The van der Waals surface area contributed by atoms with Crippen LogP contribution in [0.25, 0.3) is 0 Å². The molecule has 5 rings (SSSR count). The first-order valence-corrected chi connectivity index (χ1v) is 10.7. The summed E-state index contributed by atoms with van der Waals surface area (Å²) in [4.78, 5) is 34.2. The van der Waals surface area contributed by atoms with Crippen LogP contribution in [0.1, 0.15) is 11.6 Å². The largest absolute Gasteiger partial charge is 0.497 e. The van der Waals surface area contributed by atoms with Gasteiger partial charge in [0, 0.05) is 10.0 Å². The van der Waals surface area contributed by atoms with Gasteiger partial charge < -0.3 is 4.74 Å². The van der Waals surface area contributed by atoms with E-state index in [-0.39, 0.29) is 5.91 Å². The van der Waals surface area contributed by atoms with Crippen LogP contribution in [0.5, 0.6) is 5.75 Å². The molecule has 0 aromatic heterocycles. The van der Waals surface area contributed by atoms with E-state index in [1.807, 2.05) is 30.3 Å². The number of hydrogen-bond acceptors (Lipinski definition) is 5. The topological polar surface area (TPSA) is 59.1 Å². The first kappa shape index (κ1) is 20.8. The summed E-state index contributed by atoms with van der Waals surface area (Å²) in [6, 6.07) is 20.6. The van der Waals surface area contributed by atoms with E-state index in [0.717, 1.165) is 5.69 Å². The molecule has 162 valence electrons. The van der Waals surface area contributed by atoms with Gasteiger partial charge in [-0.1, -0.05) is 47.5 Å². The van der Waals surface area contributed by atoms with Crippen molar-refractivity contribution in [3.63, 3.8) is 0 Å². The lowest BCUT2D eigenvalue weighted by Gasteiger charge is -2.29. The first-order chi connectivity index (χ1) is 15.5. The van der Waals surface area contributed by atoms with Crippen molar-refractivity contribution in [3.8, 4) is 5.75 Å². The van der Waals surface area contributed by atoms with Gasteiger partial charge in [-0.2, -0.15) is 0 Å². The Hall–Kier alpha value is -3.06. The lowest BCUT2D eigenvalue weighted by molar-refractivity contribution is -0.126. The average molecular weight is 469 g/mol. The molecule has 3 aromatic carbocycles. The van der Waals surface area contributed by atoms with Crippen LogP contribution >= 0.6 is 23.2 Å². The molecule has 32 heavy (non-hydrogen) atoms. The number of nitrogens with zero attached hydrogens (tertiary/aromatic N) is 2. The number of amides is 2. The number of hydroxylamine groups is 1. The molecule has 2 aliphatic rings. The van der Waals surface area contributed by atoms with Crippen LogP contribution in [-0.4, -0.2) is 25.0 Å². The molecule has 2 heterocycles.